The summed E-state index contributed by atoms with van der Waals surface area (Å²) < 4.78 is 21.2. The second kappa shape index (κ2) is 7.57. The molecule has 0 aliphatic heterocycles. The van der Waals surface area contributed by atoms with Crippen LogP contribution in [0.25, 0.3) is 0 Å². The summed E-state index contributed by atoms with van der Waals surface area (Å²) in [7, 11) is 4.24. The van der Waals surface area contributed by atoms with Gasteiger partial charge in [-0.2, -0.15) is 0 Å². The van der Waals surface area contributed by atoms with Crippen molar-refractivity contribution in [2.45, 2.75) is 13.8 Å². The minimum atomic E-state index is -0.305. The molecule has 0 saturated heterocycles. The van der Waals surface area contributed by atoms with E-state index in [1.54, 1.807) is 6.92 Å². The number of aryl methyl sites for hydroxylation is 1. The van der Waals surface area contributed by atoms with Gasteiger partial charge >= 0.3 is 0 Å². The molecule has 0 saturated carbocycles. The SMILES string of the molecule is COc1cc(C(C)=O)c([C](C=O)c2onc(C)c2Cl)c(OC)c1OC. The maximum atomic E-state index is 12.2. The van der Waals surface area contributed by atoms with Gasteiger partial charge in [0.05, 0.1) is 27.0 Å². The van der Waals surface area contributed by atoms with Gasteiger partial charge in [0.2, 0.25) is 5.75 Å². The van der Waals surface area contributed by atoms with Crippen LogP contribution in [-0.2, 0) is 4.79 Å². The van der Waals surface area contributed by atoms with Crippen LogP contribution >= 0.6 is 11.6 Å². The highest BCUT2D eigenvalue weighted by atomic mass is 35.5. The molecule has 1 aromatic carbocycles. The summed E-state index contributed by atoms with van der Waals surface area (Å²) in [6.45, 7) is 3.00. The van der Waals surface area contributed by atoms with Gasteiger partial charge in [-0.1, -0.05) is 16.8 Å². The Morgan fingerprint density at radius 3 is 2.24 bits per heavy atom. The third-order valence-corrected chi connectivity index (χ3v) is 4.08. The first kappa shape index (κ1) is 18.8. The lowest BCUT2D eigenvalue weighted by Crippen LogP contribution is -2.13. The van der Waals surface area contributed by atoms with Gasteiger partial charge in [-0.05, 0) is 19.9 Å². The zero-order chi connectivity index (χ0) is 18.7. The van der Waals surface area contributed by atoms with E-state index in [1.807, 2.05) is 0 Å². The lowest BCUT2D eigenvalue weighted by molar-refractivity contribution is -0.105. The van der Waals surface area contributed by atoms with E-state index < -0.39 is 0 Å². The molecule has 0 N–H and O–H groups in total. The van der Waals surface area contributed by atoms with Gasteiger partial charge in [0, 0.05) is 11.1 Å². The molecule has 25 heavy (non-hydrogen) atoms. The van der Waals surface area contributed by atoms with Crippen LogP contribution in [-0.4, -0.2) is 38.6 Å². The van der Waals surface area contributed by atoms with Gasteiger partial charge in [-0.3, -0.25) is 4.79 Å². The highest BCUT2D eigenvalue weighted by molar-refractivity contribution is 6.32. The largest absolute Gasteiger partial charge is 0.493 e. The van der Waals surface area contributed by atoms with Crippen LogP contribution in [0.2, 0.25) is 5.02 Å². The monoisotopic (exact) mass is 366 g/mol. The zero-order valence-corrected chi connectivity index (χ0v) is 15.2. The quantitative estimate of drug-likeness (QED) is 0.549. The number of benzene rings is 1. The molecule has 7 nitrogen and oxygen atoms in total. The number of ether oxygens (including phenoxy) is 3. The second-order valence-electron chi connectivity index (χ2n) is 5.07. The average Bonchev–Trinajstić information content (AvgIpc) is 2.93. The maximum absolute atomic E-state index is 12.2. The fraction of sp³-hybridized carbons (Fsp3) is 0.294. The fourth-order valence-electron chi connectivity index (χ4n) is 2.45. The molecule has 0 fully saturated rings. The van der Waals surface area contributed by atoms with Crippen molar-refractivity contribution in [1.82, 2.24) is 5.16 Å². The number of aromatic nitrogens is 1. The molecule has 8 heteroatoms. The predicted octanol–water partition coefficient (Wildman–Crippen LogP) is 3.03. The van der Waals surface area contributed by atoms with Crippen molar-refractivity contribution in [3.8, 4) is 17.2 Å². The fourth-order valence-corrected chi connectivity index (χ4v) is 2.62. The number of rotatable bonds is 7. The molecule has 2 rings (SSSR count). The molecule has 0 bridgehead atoms. The molecule has 1 aromatic heterocycles. The van der Waals surface area contributed by atoms with Crippen molar-refractivity contribution < 1.29 is 28.3 Å². The van der Waals surface area contributed by atoms with Gasteiger partial charge in [-0.15, -0.1) is 0 Å². The van der Waals surface area contributed by atoms with E-state index >= 15 is 0 Å². The van der Waals surface area contributed by atoms with Gasteiger partial charge < -0.3 is 23.5 Å². The molecule has 133 valence electrons. The number of halogens is 1. The Hall–Kier alpha value is -2.54. The van der Waals surface area contributed by atoms with E-state index in [0.29, 0.717) is 17.7 Å². The Balaban J connectivity index is 2.87. The van der Waals surface area contributed by atoms with Crippen LogP contribution < -0.4 is 14.2 Å². The van der Waals surface area contributed by atoms with E-state index in [1.165, 1.54) is 34.3 Å². The van der Waals surface area contributed by atoms with Crippen molar-refractivity contribution >= 4 is 23.7 Å². The molecule has 0 atom stereocenters. The van der Waals surface area contributed by atoms with Crippen molar-refractivity contribution in [3.63, 3.8) is 0 Å². The number of hydrogen-bond donors (Lipinski definition) is 0. The molecule has 1 radical (unpaired) electrons. The van der Waals surface area contributed by atoms with E-state index in [2.05, 4.69) is 5.16 Å². The third kappa shape index (κ3) is 3.19. The summed E-state index contributed by atoms with van der Waals surface area (Å²) in [5.41, 5.74) is 0.808. The molecular weight excluding hydrogens is 350 g/mol. The van der Waals surface area contributed by atoms with Crippen molar-refractivity contribution in [2.75, 3.05) is 21.3 Å². The van der Waals surface area contributed by atoms with E-state index in [0.717, 1.165) is 0 Å². The minimum absolute atomic E-state index is 0.0219. The Morgan fingerprint density at radius 2 is 1.84 bits per heavy atom. The van der Waals surface area contributed by atoms with Crippen LogP contribution in [0, 0.1) is 12.8 Å². The Kier molecular flexibility index (Phi) is 5.69. The zero-order valence-electron chi connectivity index (χ0n) is 14.4. The highest BCUT2D eigenvalue weighted by Crippen LogP contribution is 2.46. The van der Waals surface area contributed by atoms with Gasteiger partial charge in [0.15, 0.2) is 23.0 Å². The first-order valence-corrected chi connectivity index (χ1v) is 7.57. The van der Waals surface area contributed by atoms with Crippen molar-refractivity contribution in [2.24, 2.45) is 0 Å². The van der Waals surface area contributed by atoms with Crippen LogP contribution in [0.4, 0.5) is 0 Å². The Morgan fingerprint density at radius 1 is 1.20 bits per heavy atom. The van der Waals surface area contributed by atoms with Gasteiger partial charge in [0.25, 0.3) is 0 Å². The molecule has 1 heterocycles. The lowest BCUT2D eigenvalue weighted by atomic mass is 9.89. The van der Waals surface area contributed by atoms with E-state index in [-0.39, 0.29) is 45.1 Å². The smallest absolute Gasteiger partial charge is 0.203 e. The van der Waals surface area contributed by atoms with Crippen LogP contribution in [0.3, 0.4) is 0 Å². The summed E-state index contributed by atoms with van der Waals surface area (Å²) in [4.78, 5) is 24.0. The molecular formula is C17H17ClNO6. The van der Waals surface area contributed by atoms with Gasteiger partial charge in [-0.25, -0.2) is 0 Å². The second-order valence-corrected chi connectivity index (χ2v) is 5.44. The van der Waals surface area contributed by atoms with E-state index in [9.17, 15) is 9.59 Å². The predicted molar refractivity (Wildman–Crippen MR) is 89.9 cm³/mol. The maximum Gasteiger partial charge on any atom is 0.203 e. The van der Waals surface area contributed by atoms with Crippen LogP contribution in [0.5, 0.6) is 17.2 Å². The number of Topliss-reactive ketones (excluding diaryl/α,β-unsaturated/α-hetero) is 1. The Bertz CT molecular complexity index is 814. The topological polar surface area (TPSA) is 87.9 Å². The standard InChI is InChI=1S/C17H17ClNO6/c1-8-14(18)15(25-19-8)11(7-20)13-10(9(2)21)6-12(22-3)16(23-4)17(13)24-5/h6-7H,1-5H3. The van der Waals surface area contributed by atoms with Crippen LogP contribution in [0.1, 0.15) is 34.3 Å². The number of nitrogens with zero attached hydrogens (tertiary/aromatic N) is 1. The number of aldehydes is 1. The lowest BCUT2D eigenvalue weighted by Gasteiger charge is -2.20. The summed E-state index contributed by atoms with van der Waals surface area (Å²) >= 11 is 6.17. The third-order valence-electron chi connectivity index (χ3n) is 3.63. The summed E-state index contributed by atoms with van der Waals surface area (Å²) in [5.74, 6) is 0.436. The van der Waals surface area contributed by atoms with Crippen molar-refractivity contribution in [1.29, 1.82) is 0 Å². The molecule has 0 aliphatic carbocycles. The normalized spacial score (nSPS) is 10.7. The number of hydrogen-bond acceptors (Lipinski definition) is 7. The molecule has 0 aliphatic rings. The summed E-state index contributed by atoms with van der Waals surface area (Å²) in [6, 6.07) is 1.47. The number of methoxy groups -OCH3 is 3. The first-order valence-electron chi connectivity index (χ1n) is 7.19. The van der Waals surface area contributed by atoms with Crippen LogP contribution in [0.15, 0.2) is 10.6 Å². The highest BCUT2D eigenvalue weighted by Gasteiger charge is 2.33. The first-order chi connectivity index (χ1) is 11.9. The molecule has 0 unspecified atom stereocenters. The summed E-state index contributed by atoms with van der Waals surface area (Å²) in [6.07, 6.45) is 0.530. The molecule has 2 aromatic rings. The Labute approximate surface area is 149 Å². The summed E-state index contributed by atoms with van der Waals surface area (Å²) in [5, 5.41) is 3.92. The number of ketones is 1. The minimum Gasteiger partial charge on any atom is -0.493 e. The van der Waals surface area contributed by atoms with Gasteiger partial charge in [0.1, 0.15) is 17.2 Å². The number of carbonyl (C=O) groups excluding carboxylic acids is 2. The molecule has 0 spiro atoms. The number of carbonyl (C=O) groups is 2. The van der Waals surface area contributed by atoms with E-state index in [4.69, 9.17) is 30.3 Å². The average molecular weight is 367 g/mol. The van der Waals surface area contributed by atoms with Crippen molar-refractivity contribution in [3.05, 3.63) is 39.6 Å². The molecule has 0 amide bonds.